The fourth-order valence-corrected chi connectivity index (χ4v) is 1.68. The van der Waals surface area contributed by atoms with Gasteiger partial charge in [-0.3, -0.25) is 9.59 Å². The number of anilines is 2. The van der Waals surface area contributed by atoms with Gasteiger partial charge in [0, 0.05) is 30.5 Å². The van der Waals surface area contributed by atoms with E-state index < -0.39 is 23.9 Å². The summed E-state index contributed by atoms with van der Waals surface area (Å²) in [6.07, 6.45) is 0.760. The van der Waals surface area contributed by atoms with Crippen molar-refractivity contribution in [1.82, 2.24) is 0 Å². The third-order valence-corrected chi connectivity index (χ3v) is 2.78. The second-order valence-corrected chi connectivity index (χ2v) is 4.91. The number of amides is 2. The third-order valence-electron chi connectivity index (χ3n) is 2.78. The number of carbonyl (C=O) groups is 4. The highest BCUT2D eigenvalue weighted by molar-refractivity contribution is 5.97. The monoisotopic (exact) mass is 348 g/mol. The van der Waals surface area contributed by atoms with Gasteiger partial charge in [-0.15, -0.1) is 0 Å². The van der Waals surface area contributed by atoms with Gasteiger partial charge in [-0.1, -0.05) is 0 Å². The van der Waals surface area contributed by atoms with Crippen LogP contribution in [0.2, 0.25) is 0 Å². The van der Waals surface area contributed by atoms with Crippen LogP contribution in [0.1, 0.15) is 20.8 Å². The van der Waals surface area contributed by atoms with Crippen LogP contribution in [0, 0.1) is 0 Å². The lowest BCUT2D eigenvalue weighted by atomic mass is 10.2. The van der Waals surface area contributed by atoms with Crippen molar-refractivity contribution in [3.05, 3.63) is 36.4 Å². The Bertz CT molecular complexity index is 666. The Labute approximate surface area is 145 Å². The minimum absolute atomic E-state index is 0.192. The molecule has 0 spiro atoms. The molecule has 2 amide bonds. The summed E-state index contributed by atoms with van der Waals surface area (Å²) in [6.45, 7) is 4.62. The van der Waals surface area contributed by atoms with E-state index in [1.807, 2.05) is 0 Å². The minimum Gasteiger partial charge on any atom is -0.463 e. The van der Waals surface area contributed by atoms with Crippen LogP contribution < -0.4 is 10.6 Å². The standard InChI is InChI=1S/C17H20N2O6/c1-4-24-15(21)9-10-16(22)25-11(2)17(23)19-14-7-5-13(6-8-14)18-12(3)20/h5-11H,4H2,1-3H3,(H,18,20)(H,19,23)/b10-9+/t11-/m1/s1. The van der Waals surface area contributed by atoms with Gasteiger partial charge in [-0.25, -0.2) is 9.59 Å². The summed E-state index contributed by atoms with van der Waals surface area (Å²) in [7, 11) is 0. The summed E-state index contributed by atoms with van der Waals surface area (Å²) in [5.41, 5.74) is 1.07. The maximum Gasteiger partial charge on any atom is 0.331 e. The molecule has 0 aliphatic heterocycles. The molecule has 0 fully saturated rings. The maximum absolute atomic E-state index is 12.0. The van der Waals surface area contributed by atoms with Gasteiger partial charge < -0.3 is 20.1 Å². The van der Waals surface area contributed by atoms with E-state index in [2.05, 4.69) is 15.4 Å². The molecular formula is C17H20N2O6. The number of nitrogens with one attached hydrogen (secondary N) is 2. The Kier molecular flexibility index (Phi) is 7.85. The Morgan fingerprint density at radius 1 is 1.00 bits per heavy atom. The zero-order valence-electron chi connectivity index (χ0n) is 14.2. The molecule has 0 aromatic heterocycles. The van der Waals surface area contributed by atoms with Gasteiger partial charge >= 0.3 is 11.9 Å². The molecule has 0 aliphatic rings. The topological polar surface area (TPSA) is 111 Å². The molecule has 2 N–H and O–H groups in total. The van der Waals surface area contributed by atoms with E-state index in [-0.39, 0.29) is 12.5 Å². The Balaban J connectivity index is 2.52. The molecule has 1 rings (SSSR count). The molecular weight excluding hydrogens is 328 g/mol. The lowest BCUT2D eigenvalue weighted by molar-refractivity contribution is -0.148. The van der Waals surface area contributed by atoms with Gasteiger partial charge in [0.25, 0.3) is 5.91 Å². The molecule has 0 unspecified atom stereocenters. The minimum atomic E-state index is -1.06. The quantitative estimate of drug-likeness (QED) is 0.572. The highest BCUT2D eigenvalue weighted by Crippen LogP contribution is 2.14. The molecule has 8 nitrogen and oxygen atoms in total. The second kappa shape index (κ2) is 9.86. The summed E-state index contributed by atoms with van der Waals surface area (Å²) in [4.78, 5) is 45.5. The van der Waals surface area contributed by atoms with E-state index in [0.717, 1.165) is 12.2 Å². The van der Waals surface area contributed by atoms with Crippen LogP contribution in [-0.2, 0) is 28.7 Å². The largest absolute Gasteiger partial charge is 0.463 e. The first-order chi connectivity index (χ1) is 11.8. The van der Waals surface area contributed by atoms with Crippen molar-refractivity contribution in [3.8, 4) is 0 Å². The van der Waals surface area contributed by atoms with Gasteiger partial charge in [0.15, 0.2) is 6.10 Å². The van der Waals surface area contributed by atoms with E-state index >= 15 is 0 Å². The molecule has 1 aromatic carbocycles. The smallest absolute Gasteiger partial charge is 0.331 e. The number of hydrogen-bond donors (Lipinski definition) is 2. The van der Waals surface area contributed by atoms with Crippen molar-refractivity contribution in [2.75, 3.05) is 17.2 Å². The summed E-state index contributed by atoms with van der Waals surface area (Å²) < 4.78 is 9.51. The molecule has 134 valence electrons. The van der Waals surface area contributed by atoms with Gasteiger partial charge in [0.2, 0.25) is 5.91 Å². The van der Waals surface area contributed by atoms with Crippen LogP contribution >= 0.6 is 0 Å². The average Bonchev–Trinajstić information content (AvgIpc) is 2.54. The van der Waals surface area contributed by atoms with Crippen molar-refractivity contribution in [2.45, 2.75) is 26.9 Å². The molecule has 0 bridgehead atoms. The van der Waals surface area contributed by atoms with Crippen LogP contribution in [0.15, 0.2) is 36.4 Å². The zero-order valence-corrected chi connectivity index (χ0v) is 14.2. The zero-order chi connectivity index (χ0) is 18.8. The predicted octanol–water partition coefficient (Wildman–Crippen LogP) is 1.63. The Hall–Kier alpha value is -3.16. The Morgan fingerprint density at radius 3 is 2.04 bits per heavy atom. The Morgan fingerprint density at radius 2 is 1.52 bits per heavy atom. The maximum atomic E-state index is 12.0. The molecule has 0 aliphatic carbocycles. The fraction of sp³-hybridized carbons (Fsp3) is 0.294. The van der Waals surface area contributed by atoms with Crippen LogP contribution in [0.5, 0.6) is 0 Å². The van der Waals surface area contributed by atoms with E-state index in [1.165, 1.54) is 13.8 Å². The van der Waals surface area contributed by atoms with Crippen molar-refractivity contribution >= 4 is 35.1 Å². The van der Waals surface area contributed by atoms with Crippen LogP contribution in [0.25, 0.3) is 0 Å². The molecule has 0 radical (unpaired) electrons. The predicted molar refractivity (Wildman–Crippen MR) is 90.7 cm³/mol. The van der Waals surface area contributed by atoms with Gasteiger partial charge in [0.05, 0.1) is 6.61 Å². The van der Waals surface area contributed by atoms with Crippen LogP contribution in [0.4, 0.5) is 11.4 Å². The molecule has 1 aromatic rings. The molecule has 0 heterocycles. The van der Waals surface area contributed by atoms with Crippen LogP contribution in [0.3, 0.4) is 0 Å². The fourth-order valence-electron chi connectivity index (χ4n) is 1.68. The van der Waals surface area contributed by atoms with Crippen LogP contribution in [-0.4, -0.2) is 36.5 Å². The molecule has 0 saturated carbocycles. The third kappa shape index (κ3) is 7.78. The van der Waals surface area contributed by atoms with Gasteiger partial charge in [-0.05, 0) is 38.1 Å². The summed E-state index contributed by atoms with van der Waals surface area (Å²) in [5.74, 6) is -2.24. The number of rotatable bonds is 7. The summed E-state index contributed by atoms with van der Waals surface area (Å²) in [5, 5.41) is 5.17. The highest BCUT2D eigenvalue weighted by atomic mass is 16.5. The van der Waals surface area contributed by atoms with Gasteiger partial charge in [0.1, 0.15) is 0 Å². The van der Waals surface area contributed by atoms with E-state index in [0.29, 0.717) is 11.4 Å². The highest BCUT2D eigenvalue weighted by Gasteiger charge is 2.17. The number of carbonyl (C=O) groups excluding carboxylic acids is 4. The number of hydrogen-bond acceptors (Lipinski definition) is 6. The van der Waals surface area contributed by atoms with E-state index in [1.54, 1.807) is 31.2 Å². The van der Waals surface area contributed by atoms with Crippen molar-refractivity contribution < 1.29 is 28.7 Å². The molecule has 0 saturated heterocycles. The van der Waals surface area contributed by atoms with Crippen molar-refractivity contribution in [2.24, 2.45) is 0 Å². The summed E-state index contributed by atoms with van der Waals surface area (Å²) in [6, 6.07) is 6.43. The lowest BCUT2D eigenvalue weighted by Gasteiger charge is -2.12. The molecule has 1 atom stereocenters. The first-order valence-corrected chi connectivity index (χ1v) is 7.55. The first-order valence-electron chi connectivity index (χ1n) is 7.55. The van der Waals surface area contributed by atoms with Gasteiger partial charge in [-0.2, -0.15) is 0 Å². The van der Waals surface area contributed by atoms with Crippen molar-refractivity contribution in [1.29, 1.82) is 0 Å². The number of esters is 2. The molecule has 8 heteroatoms. The van der Waals surface area contributed by atoms with E-state index in [4.69, 9.17) is 4.74 Å². The number of ether oxygens (including phenoxy) is 2. The number of benzene rings is 1. The first kappa shape index (κ1) is 19.9. The summed E-state index contributed by atoms with van der Waals surface area (Å²) >= 11 is 0. The van der Waals surface area contributed by atoms with Crippen molar-refractivity contribution in [3.63, 3.8) is 0 Å². The molecule has 25 heavy (non-hydrogen) atoms. The average molecular weight is 348 g/mol. The lowest BCUT2D eigenvalue weighted by Crippen LogP contribution is -2.29. The second-order valence-electron chi connectivity index (χ2n) is 4.91. The van der Waals surface area contributed by atoms with E-state index in [9.17, 15) is 19.2 Å². The SMILES string of the molecule is CCOC(=O)/C=C/C(=O)O[C@H](C)C(=O)Nc1ccc(NC(C)=O)cc1. The normalized spacial score (nSPS) is 11.5.